The molecule has 0 aliphatic carbocycles. The fourth-order valence-electron chi connectivity index (χ4n) is 1.65. The van der Waals surface area contributed by atoms with Gasteiger partial charge in [0.2, 0.25) is 0 Å². The average molecular weight is 205 g/mol. The van der Waals surface area contributed by atoms with Gasteiger partial charge in [-0.2, -0.15) is 5.10 Å². The van der Waals surface area contributed by atoms with E-state index in [-0.39, 0.29) is 0 Å². The van der Waals surface area contributed by atoms with E-state index in [2.05, 4.69) is 10.2 Å². The minimum absolute atomic E-state index is 0.412. The Hall–Kier alpha value is -1.39. The zero-order chi connectivity index (χ0) is 10.9. The lowest BCUT2D eigenvalue weighted by Gasteiger charge is -2.25. The number of hydrogen-bond acceptors (Lipinski definition) is 3. The molecule has 15 heavy (non-hydrogen) atoms. The third-order valence-electron chi connectivity index (χ3n) is 2.83. The molecular weight excluding hydrogens is 190 g/mol. The number of benzene rings is 1. The maximum atomic E-state index is 5.73. The van der Waals surface area contributed by atoms with Crippen molar-refractivity contribution in [3.63, 3.8) is 0 Å². The number of methoxy groups -OCH3 is 1. The van der Waals surface area contributed by atoms with Crippen molar-refractivity contribution in [1.82, 2.24) is 10.2 Å². The smallest absolute Gasteiger partial charge is 0.119 e. The number of H-pyrrole nitrogens is 1. The molecule has 0 saturated carbocycles. The second-order valence-corrected chi connectivity index (χ2v) is 3.75. The maximum absolute atomic E-state index is 5.73. The number of nitrogens with two attached hydrogens (primary N) is 1. The summed E-state index contributed by atoms with van der Waals surface area (Å²) in [6, 6.07) is 7.91. The lowest BCUT2D eigenvalue weighted by molar-refractivity contribution is 0.00757. The van der Waals surface area contributed by atoms with Crippen LogP contribution in [0.4, 0.5) is 0 Å². The maximum Gasteiger partial charge on any atom is 0.119 e. The second kappa shape index (κ2) is 3.64. The number of nitrogens with one attached hydrogen (secondary N) is 1. The van der Waals surface area contributed by atoms with E-state index in [0.717, 1.165) is 16.6 Å². The van der Waals surface area contributed by atoms with Gasteiger partial charge in [0.25, 0.3) is 0 Å². The standard InChI is InChI=1S/C11H15N3O/c1-11(7-12,15-2)10-8-5-3-4-6-9(8)13-14-10/h3-6H,7,12H2,1-2H3,(H,13,14). The third-order valence-corrected chi connectivity index (χ3v) is 2.83. The molecule has 3 N–H and O–H groups in total. The Morgan fingerprint density at radius 1 is 1.47 bits per heavy atom. The highest BCUT2D eigenvalue weighted by Crippen LogP contribution is 2.27. The summed E-state index contributed by atoms with van der Waals surface area (Å²) in [6.07, 6.45) is 0. The zero-order valence-electron chi connectivity index (χ0n) is 8.95. The Labute approximate surface area is 88.4 Å². The first-order valence-electron chi connectivity index (χ1n) is 4.90. The summed E-state index contributed by atoms with van der Waals surface area (Å²) in [5.74, 6) is 0. The Morgan fingerprint density at radius 2 is 2.20 bits per heavy atom. The molecule has 0 aliphatic heterocycles. The fourth-order valence-corrected chi connectivity index (χ4v) is 1.65. The number of aromatic nitrogens is 2. The van der Waals surface area contributed by atoms with Gasteiger partial charge in [-0.15, -0.1) is 0 Å². The van der Waals surface area contributed by atoms with Gasteiger partial charge in [-0.25, -0.2) is 0 Å². The number of rotatable bonds is 3. The number of aromatic amines is 1. The molecule has 0 amide bonds. The van der Waals surface area contributed by atoms with Crippen molar-refractivity contribution in [2.75, 3.05) is 13.7 Å². The van der Waals surface area contributed by atoms with Crippen LogP contribution in [0.1, 0.15) is 12.6 Å². The normalized spacial score (nSPS) is 15.4. The van der Waals surface area contributed by atoms with Crippen LogP contribution in [0.15, 0.2) is 24.3 Å². The zero-order valence-corrected chi connectivity index (χ0v) is 8.95. The minimum Gasteiger partial charge on any atom is -0.371 e. The molecule has 0 spiro atoms. The average Bonchev–Trinajstić information content (AvgIpc) is 2.72. The third kappa shape index (κ3) is 1.52. The highest BCUT2D eigenvalue weighted by Gasteiger charge is 2.28. The van der Waals surface area contributed by atoms with Crippen molar-refractivity contribution in [2.45, 2.75) is 12.5 Å². The van der Waals surface area contributed by atoms with E-state index < -0.39 is 5.60 Å². The van der Waals surface area contributed by atoms with Gasteiger partial charge in [-0.3, -0.25) is 5.10 Å². The summed E-state index contributed by atoms with van der Waals surface area (Å²) in [5.41, 5.74) is 7.09. The summed E-state index contributed by atoms with van der Waals surface area (Å²) in [7, 11) is 1.66. The van der Waals surface area contributed by atoms with Gasteiger partial charge >= 0.3 is 0 Å². The topological polar surface area (TPSA) is 63.9 Å². The number of ether oxygens (including phenoxy) is 1. The van der Waals surface area contributed by atoms with Gasteiger partial charge in [0.15, 0.2) is 0 Å². The number of fused-ring (bicyclic) bond motifs is 1. The lowest BCUT2D eigenvalue weighted by atomic mass is 9.99. The van der Waals surface area contributed by atoms with E-state index in [1.165, 1.54) is 0 Å². The lowest BCUT2D eigenvalue weighted by Crippen LogP contribution is -2.34. The predicted octanol–water partition coefficient (Wildman–Crippen LogP) is 1.38. The molecular formula is C11H15N3O. The van der Waals surface area contributed by atoms with Crippen molar-refractivity contribution >= 4 is 10.9 Å². The van der Waals surface area contributed by atoms with Crippen LogP contribution in [0.5, 0.6) is 0 Å². The Morgan fingerprint density at radius 3 is 2.87 bits per heavy atom. The number of para-hydroxylation sites is 1. The van der Waals surface area contributed by atoms with Crippen LogP contribution in [-0.2, 0) is 10.3 Å². The molecule has 0 bridgehead atoms. The van der Waals surface area contributed by atoms with Gasteiger partial charge in [-0.05, 0) is 13.0 Å². The summed E-state index contributed by atoms with van der Waals surface area (Å²) in [5, 5.41) is 8.28. The van der Waals surface area contributed by atoms with Gasteiger partial charge in [0.1, 0.15) is 5.60 Å². The minimum atomic E-state index is -0.504. The molecule has 0 fully saturated rings. The van der Waals surface area contributed by atoms with E-state index in [1.807, 2.05) is 31.2 Å². The Bertz CT molecular complexity index is 460. The van der Waals surface area contributed by atoms with Gasteiger partial charge < -0.3 is 10.5 Å². The van der Waals surface area contributed by atoms with Crippen LogP contribution in [0.3, 0.4) is 0 Å². The monoisotopic (exact) mass is 205 g/mol. The molecule has 1 heterocycles. The van der Waals surface area contributed by atoms with Gasteiger partial charge in [-0.1, -0.05) is 18.2 Å². The van der Waals surface area contributed by atoms with Crippen LogP contribution in [0.25, 0.3) is 10.9 Å². The summed E-state index contributed by atoms with van der Waals surface area (Å²) in [4.78, 5) is 0. The highest BCUT2D eigenvalue weighted by molar-refractivity contribution is 5.81. The van der Waals surface area contributed by atoms with Gasteiger partial charge in [0.05, 0.1) is 11.2 Å². The van der Waals surface area contributed by atoms with E-state index in [4.69, 9.17) is 10.5 Å². The van der Waals surface area contributed by atoms with Crippen molar-refractivity contribution in [2.24, 2.45) is 5.73 Å². The molecule has 2 rings (SSSR count). The molecule has 1 aromatic heterocycles. The van der Waals surface area contributed by atoms with E-state index >= 15 is 0 Å². The van der Waals surface area contributed by atoms with Crippen molar-refractivity contribution < 1.29 is 4.74 Å². The first-order valence-corrected chi connectivity index (χ1v) is 4.90. The van der Waals surface area contributed by atoms with Crippen LogP contribution in [0, 0.1) is 0 Å². The Balaban J connectivity index is 2.61. The molecule has 0 radical (unpaired) electrons. The number of hydrogen-bond donors (Lipinski definition) is 2. The van der Waals surface area contributed by atoms with Crippen molar-refractivity contribution in [3.05, 3.63) is 30.0 Å². The summed E-state index contributed by atoms with van der Waals surface area (Å²) >= 11 is 0. The molecule has 1 aromatic carbocycles. The molecule has 1 unspecified atom stereocenters. The number of nitrogens with zero attached hydrogens (tertiary/aromatic N) is 1. The molecule has 4 nitrogen and oxygen atoms in total. The van der Waals surface area contributed by atoms with E-state index in [1.54, 1.807) is 7.11 Å². The molecule has 0 saturated heterocycles. The second-order valence-electron chi connectivity index (χ2n) is 3.75. The largest absolute Gasteiger partial charge is 0.371 e. The SMILES string of the molecule is COC(C)(CN)c1[nH]nc2ccccc12. The van der Waals surface area contributed by atoms with Gasteiger partial charge in [0, 0.05) is 19.0 Å². The van der Waals surface area contributed by atoms with Crippen LogP contribution in [-0.4, -0.2) is 23.9 Å². The first kappa shape index (κ1) is 10.1. The molecule has 4 heteroatoms. The fraction of sp³-hybridized carbons (Fsp3) is 0.364. The van der Waals surface area contributed by atoms with Crippen molar-refractivity contribution in [1.29, 1.82) is 0 Å². The molecule has 80 valence electrons. The first-order chi connectivity index (χ1) is 7.21. The van der Waals surface area contributed by atoms with Crippen molar-refractivity contribution in [3.8, 4) is 0 Å². The van der Waals surface area contributed by atoms with E-state index in [0.29, 0.717) is 6.54 Å². The summed E-state index contributed by atoms with van der Waals surface area (Å²) in [6.45, 7) is 2.36. The summed E-state index contributed by atoms with van der Waals surface area (Å²) < 4.78 is 5.44. The molecule has 2 aromatic rings. The van der Waals surface area contributed by atoms with Crippen LogP contribution in [0.2, 0.25) is 0 Å². The van der Waals surface area contributed by atoms with Crippen LogP contribution >= 0.6 is 0 Å². The molecule has 0 aliphatic rings. The van der Waals surface area contributed by atoms with Crippen LogP contribution < -0.4 is 5.73 Å². The quantitative estimate of drug-likeness (QED) is 0.795. The highest BCUT2D eigenvalue weighted by atomic mass is 16.5. The Kier molecular flexibility index (Phi) is 2.46. The van der Waals surface area contributed by atoms with E-state index in [9.17, 15) is 0 Å². The predicted molar refractivity (Wildman–Crippen MR) is 59.5 cm³/mol. The molecule has 1 atom stereocenters.